The molecular formula is C21H21ClN2O. The summed E-state index contributed by atoms with van der Waals surface area (Å²) in [5, 5.41) is 5.73. The van der Waals surface area contributed by atoms with Crippen LogP contribution in [0.2, 0.25) is 5.02 Å². The molecule has 1 unspecified atom stereocenters. The van der Waals surface area contributed by atoms with E-state index in [0.717, 1.165) is 34.1 Å². The average Bonchev–Trinajstić information content (AvgIpc) is 2.61. The Morgan fingerprint density at radius 1 is 1.16 bits per heavy atom. The topological polar surface area (TPSA) is 42.0 Å². The van der Waals surface area contributed by atoms with E-state index in [9.17, 15) is 4.79 Å². The van der Waals surface area contributed by atoms with Crippen LogP contribution in [0.15, 0.2) is 54.6 Å². The lowest BCUT2D eigenvalue weighted by atomic mass is 10.0. The number of aromatic nitrogens is 1. The van der Waals surface area contributed by atoms with Crippen molar-refractivity contribution in [2.45, 2.75) is 32.7 Å². The standard InChI is InChI=1S/C21H21ClN2O/c1-3-14(2)23-20(25)13-16-12-15-8-4-5-9-17(15)21(24-16)18-10-6-7-11-19(18)22/h4-12,14H,3,13H2,1-2H3,(H,23,25). The summed E-state index contributed by atoms with van der Waals surface area (Å²) in [6, 6.07) is 17.8. The van der Waals surface area contributed by atoms with E-state index in [-0.39, 0.29) is 18.4 Å². The number of nitrogens with zero attached hydrogens (tertiary/aromatic N) is 1. The van der Waals surface area contributed by atoms with Crippen LogP contribution in [0.25, 0.3) is 22.0 Å². The number of carbonyl (C=O) groups excluding carboxylic acids is 1. The van der Waals surface area contributed by atoms with Gasteiger partial charge in [-0.05, 0) is 30.9 Å². The summed E-state index contributed by atoms with van der Waals surface area (Å²) in [7, 11) is 0. The molecule has 25 heavy (non-hydrogen) atoms. The smallest absolute Gasteiger partial charge is 0.226 e. The third-order valence-electron chi connectivity index (χ3n) is 4.28. The van der Waals surface area contributed by atoms with Gasteiger partial charge in [0, 0.05) is 22.0 Å². The summed E-state index contributed by atoms with van der Waals surface area (Å²) in [6.45, 7) is 4.05. The van der Waals surface area contributed by atoms with Gasteiger partial charge in [-0.15, -0.1) is 0 Å². The van der Waals surface area contributed by atoms with E-state index in [1.807, 2.05) is 61.5 Å². The molecule has 3 aromatic rings. The number of hydrogen-bond acceptors (Lipinski definition) is 2. The van der Waals surface area contributed by atoms with Crippen LogP contribution in [-0.4, -0.2) is 16.9 Å². The van der Waals surface area contributed by atoms with Gasteiger partial charge < -0.3 is 5.32 Å². The molecule has 2 aromatic carbocycles. The van der Waals surface area contributed by atoms with Crippen molar-refractivity contribution in [2.75, 3.05) is 0 Å². The molecule has 3 rings (SSSR count). The predicted molar refractivity (Wildman–Crippen MR) is 104 cm³/mol. The largest absolute Gasteiger partial charge is 0.353 e. The number of pyridine rings is 1. The molecule has 0 bridgehead atoms. The molecule has 0 aliphatic heterocycles. The van der Waals surface area contributed by atoms with Crippen molar-refractivity contribution in [1.82, 2.24) is 10.3 Å². The van der Waals surface area contributed by atoms with Crippen molar-refractivity contribution >= 4 is 28.3 Å². The maximum Gasteiger partial charge on any atom is 0.226 e. The molecule has 0 spiro atoms. The third kappa shape index (κ3) is 3.99. The number of fused-ring (bicyclic) bond motifs is 1. The van der Waals surface area contributed by atoms with E-state index in [0.29, 0.717) is 5.02 Å². The SMILES string of the molecule is CCC(C)NC(=O)Cc1cc2ccccc2c(-c2ccccc2Cl)n1. The fourth-order valence-corrected chi connectivity index (χ4v) is 3.02. The molecule has 3 nitrogen and oxygen atoms in total. The van der Waals surface area contributed by atoms with Crippen LogP contribution in [0, 0.1) is 0 Å². The number of rotatable bonds is 5. The highest BCUT2D eigenvalue weighted by molar-refractivity contribution is 6.33. The van der Waals surface area contributed by atoms with E-state index >= 15 is 0 Å². The first-order chi connectivity index (χ1) is 12.1. The Morgan fingerprint density at radius 3 is 2.64 bits per heavy atom. The zero-order chi connectivity index (χ0) is 17.8. The Labute approximate surface area is 153 Å². The van der Waals surface area contributed by atoms with Crippen molar-refractivity contribution in [3.63, 3.8) is 0 Å². The molecule has 1 N–H and O–H groups in total. The van der Waals surface area contributed by atoms with Crippen LogP contribution < -0.4 is 5.32 Å². The quantitative estimate of drug-likeness (QED) is 0.701. The van der Waals surface area contributed by atoms with E-state index < -0.39 is 0 Å². The molecule has 0 radical (unpaired) electrons. The van der Waals surface area contributed by atoms with Crippen LogP contribution in [0.4, 0.5) is 0 Å². The lowest BCUT2D eigenvalue weighted by Gasteiger charge is -2.13. The van der Waals surface area contributed by atoms with Crippen LogP contribution in [0.3, 0.4) is 0 Å². The molecule has 0 fully saturated rings. The average molecular weight is 353 g/mol. The summed E-state index contributed by atoms with van der Waals surface area (Å²) in [5.74, 6) is -0.0118. The van der Waals surface area contributed by atoms with Gasteiger partial charge in [0.25, 0.3) is 0 Å². The zero-order valence-corrected chi connectivity index (χ0v) is 15.2. The van der Waals surface area contributed by atoms with E-state index in [2.05, 4.69) is 12.2 Å². The van der Waals surface area contributed by atoms with Gasteiger partial charge >= 0.3 is 0 Å². The Balaban J connectivity index is 2.04. The number of benzene rings is 2. The third-order valence-corrected chi connectivity index (χ3v) is 4.61. The van der Waals surface area contributed by atoms with Crippen molar-refractivity contribution in [1.29, 1.82) is 0 Å². The zero-order valence-electron chi connectivity index (χ0n) is 14.4. The van der Waals surface area contributed by atoms with E-state index in [1.165, 1.54) is 0 Å². The second-order valence-corrected chi connectivity index (χ2v) is 6.62. The lowest BCUT2D eigenvalue weighted by molar-refractivity contribution is -0.121. The minimum atomic E-state index is -0.0118. The van der Waals surface area contributed by atoms with Gasteiger partial charge in [-0.25, -0.2) is 0 Å². The molecular weight excluding hydrogens is 332 g/mol. The monoisotopic (exact) mass is 352 g/mol. The number of carbonyl (C=O) groups is 1. The molecule has 0 saturated heterocycles. The molecule has 1 atom stereocenters. The molecule has 4 heteroatoms. The number of amides is 1. The Morgan fingerprint density at radius 2 is 1.88 bits per heavy atom. The van der Waals surface area contributed by atoms with Gasteiger partial charge in [0.05, 0.1) is 17.8 Å². The Hall–Kier alpha value is -2.39. The summed E-state index contributed by atoms with van der Waals surface area (Å²) >= 11 is 6.39. The second-order valence-electron chi connectivity index (χ2n) is 6.22. The molecule has 0 saturated carbocycles. The number of nitrogens with one attached hydrogen (secondary N) is 1. The van der Waals surface area contributed by atoms with Gasteiger partial charge in [0.1, 0.15) is 0 Å². The minimum Gasteiger partial charge on any atom is -0.353 e. The molecule has 128 valence electrons. The highest BCUT2D eigenvalue weighted by Gasteiger charge is 2.13. The highest BCUT2D eigenvalue weighted by Crippen LogP contribution is 2.32. The molecule has 1 amide bonds. The lowest BCUT2D eigenvalue weighted by Crippen LogP contribution is -2.33. The van der Waals surface area contributed by atoms with E-state index in [1.54, 1.807) is 0 Å². The summed E-state index contributed by atoms with van der Waals surface area (Å²) in [5.41, 5.74) is 2.44. The van der Waals surface area contributed by atoms with Crippen molar-refractivity contribution in [3.8, 4) is 11.3 Å². The van der Waals surface area contributed by atoms with Crippen LogP contribution in [-0.2, 0) is 11.2 Å². The fraction of sp³-hybridized carbons (Fsp3) is 0.238. The first kappa shape index (κ1) is 17.4. The molecule has 0 aliphatic carbocycles. The maximum atomic E-state index is 12.3. The minimum absolute atomic E-state index is 0.0118. The highest BCUT2D eigenvalue weighted by atomic mass is 35.5. The predicted octanol–water partition coefficient (Wildman–Crippen LogP) is 5.01. The van der Waals surface area contributed by atoms with Gasteiger partial charge in [-0.2, -0.15) is 0 Å². The maximum absolute atomic E-state index is 12.3. The van der Waals surface area contributed by atoms with Crippen molar-refractivity contribution < 1.29 is 4.79 Å². The van der Waals surface area contributed by atoms with Crippen molar-refractivity contribution in [2.24, 2.45) is 0 Å². The molecule has 1 heterocycles. The Kier molecular flexibility index (Phi) is 5.34. The van der Waals surface area contributed by atoms with Gasteiger partial charge in [0.15, 0.2) is 0 Å². The van der Waals surface area contributed by atoms with Crippen LogP contribution in [0.1, 0.15) is 26.0 Å². The van der Waals surface area contributed by atoms with Gasteiger partial charge in [-0.3, -0.25) is 9.78 Å². The second kappa shape index (κ2) is 7.66. The van der Waals surface area contributed by atoms with Gasteiger partial charge in [0.2, 0.25) is 5.91 Å². The van der Waals surface area contributed by atoms with Gasteiger partial charge in [-0.1, -0.05) is 61.0 Å². The number of hydrogen-bond donors (Lipinski definition) is 1. The first-order valence-corrected chi connectivity index (χ1v) is 8.89. The van der Waals surface area contributed by atoms with Crippen LogP contribution >= 0.6 is 11.6 Å². The van der Waals surface area contributed by atoms with Crippen LogP contribution in [0.5, 0.6) is 0 Å². The normalized spacial score (nSPS) is 12.1. The summed E-state index contributed by atoms with van der Waals surface area (Å²) in [6.07, 6.45) is 1.16. The molecule has 0 aliphatic rings. The summed E-state index contributed by atoms with van der Waals surface area (Å²) in [4.78, 5) is 17.0. The number of halogens is 1. The fourth-order valence-electron chi connectivity index (χ4n) is 2.80. The molecule has 1 aromatic heterocycles. The Bertz CT molecular complexity index is 907. The summed E-state index contributed by atoms with van der Waals surface area (Å²) < 4.78 is 0. The van der Waals surface area contributed by atoms with E-state index in [4.69, 9.17) is 16.6 Å². The first-order valence-electron chi connectivity index (χ1n) is 8.51. The van der Waals surface area contributed by atoms with Crippen molar-refractivity contribution in [3.05, 3.63) is 65.3 Å².